The Morgan fingerprint density at radius 1 is 0.508 bits per heavy atom. The van der Waals surface area contributed by atoms with Crippen molar-refractivity contribution in [3.63, 3.8) is 0 Å². The van der Waals surface area contributed by atoms with Gasteiger partial charge in [0.2, 0.25) is 0 Å². The summed E-state index contributed by atoms with van der Waals surface area (Å²) in [4.78, 5) is 0. The molecule has 0 fully saturated rings. The van der Waals surface area contributed by atoms with E-state index in [4.69, 9.17) is 0 Å². The Balaban J connectivity index is 2.15. The maximum Gasteiger partial charge on any atom is 0.0547 e. The third-order valence-corrected chi connectivity index (χ3v) is 11.9. The van der Waals surface area contributed by atoms with Crippen molar-refractivity contribution in [2.24, 2.45) is 10.8 Å². The number of nitrogens with zero attached hydrogens (tertiary/aromatic N) is 1. The molecular weight excluding hydrogens is 711 g/mol. The molecule has 0 aliphatic carbocycles. The van der Waals surface area contributed by atoms with Crippen LogP contribution >= 0.6 is 0 Å². The highest BCUT2D eigenvalue weighted by atomic mass is 15.0. The first kappa shape index (κ1) is 46.0. The Labute approximate surface area is 361 Å². The molecule has 316 valence electrons. The Kier molecular flexibility index (Phi) is 11.8. The lowest BCUT2D eigenvalue weighted by atomic mass is 9.75. The van der Waals surface area contributed by atoms with Crippen molar-refractivity contribution in [1.82, 2.24) is 4.57 Å². The molecule has 0 spiro atoms. The van der Waals surface area contributed by atoms with Crippen molar-refractivity contribution in [3.8, 4) is 16.8 Å². The molecule has 0 bridgehead atoms. The lowest BCUT2D eigenvalue weighted by Gasteiger charge is -2.29. The van der Waals surface area contributed by atoms with Crippen LogP contribution in [-0.2, 0) is 27.1 Å². The quantitative estimate of drug-likeness (QED) is 0.156. The van der Waals surface area contributed by atoms with Gasteiger partial charge in [0.25, 0.3) is 0 Å². The summed E-state index contributed by atoms with van der Waals surface area (Å²) in [5.41, 5.74) is 16.5. The van der Waals surface area contributed by atoms with Gasteiger partial charge < -0.3 is 4.57 Å². The van der Waals surface area contributed by atoms with Gasteiger partial charge >= 0.3 is 0 Å². The molecule has 5 aromatic rings. The molecule has 0 N–H and O–H groups in total. The van der Waals surface area contributed by atoms with Crippen molar-refractivity contribution >= 4 is 27.4 Å². The van der Waals surface area contributed by atoms with E-state index in [9.17, 15) is 0 Å². The van der Waals surface area contributed by atoms with E-state index in [1.165, 1.54) is 83.1 Å². The van der Waals surface area contributed by atoms with Gasteiger partial charge in [-0.2, -0.15) is 0 Å². The summed E-state index contributed by atoms with van der Waals surface area (Å²) >= 11 is 0. The van der Waals surface area contributed by atoms with E-state index in [0.717, 1.165) is 0 Å². The maximum absolute atomic E-state index is 4.32. The second kappa shape index (κ2) is 15.1. The lowest BCUT2D eigenvalue weighted by molar-refractivity contribution is 0.517. The van der Waals surface area contributed by atoms with Gasteiger partial charge in [-0.1, -0.05) is 213 Å². The van der Waals surface area contributed by atoms with Crippen LogP contribution in [-0.4, -0.2) is 4.57 Å². The third kappa shape index (κ3) is 9.77. The topological polar surface area (TPSA) is 4.93 Å². The van der Waals surface area contributed by atoms with E-state index >= 15 is 0 Å². The van der Waals surface area contributed by atoms with E-state index in [1.54, 1.807) is 0 Å². The molecule has 5 rings (SSSR count). The predicted molar refractivity (Wildman–Crippen MR) is 265 cm³/mol. The van der Waals surface area contributed by atoms with Crippen LogP contribution < -0.4 is 0 Å². The van der Waals surface area contributed by atoms with Crippen molar-refractivity contribution in [1.29, 1.82) is 0 Å². The number of rotatable bonds is 5. The van der Waals surface area contributed by atoms with Crippen molar-refractivity contribution < 1.29 is 0 Å². The summed E-state index contributed by atoms with van der Waals surface area (Å²) < 4.78 is 2.58. The number of hydrogen-bond acceptors (Lipinski definition) is 0. The van der Waals surface area contributed by atoms with Gasteiger partial charge in [-0.25, -0.2) is 0 Å². The molecule has 0 radical (unpaired) electrons. The molecule has 4 aromatic carbocycles. The standard InChI is InChI=1S/C58H79N/c1-23-39(53(5,6)7)31-38(36-52(2,3)4)45-25-24-26-47-49(45)50-48(59(47)44-34-42(56(14,15)16)33-43(35-44)57(17,18)19)28-27-46(51(50)58(20,21)22)37-29-40(54(8,9)10)32-41(30-37)55(11,12)13/h23-36H,1H2,2-22H3/b38-36+,39-31+. The molecule has 1 nitrogen and oxygen atoms in total. The highest BCUT2D eigenvalue weighted by Crippen LogP contribution is 2.48. The normalized spacial score (nSPS) is 14.5. The molecule has 0 aliphatic rings. The van der Waals surface area contributed by atoms with Crippen molar-refractivity contribution in [2.75, 3.05) is 0 Å². The fraction of sp³-hybridized carbons (Fsp3) is 0.483. The van der Waals surface area contributed by atoms with Gasteiger partial charge in [-0.05, 0) is 118 Å². The van der Waals surface area contributed by atoms with Gasteiger partial charge in [-0.15, -0.1) is 0 Å². The first-order valence-electron chi connectivity index (χ1n) is 22.1. The summed E-state index contributed by atoms with van der Waals surface area (Å²) in [6.45, 7) is 53.5. The maximum atomic E-state index is 4.32. The summed E-state index contributed by atoms with van der Waals surface area (Å²) in [6.07, 6.45) is 6.94. The monoisotopic (exact) mass is 790 g/mol. The Morgan fingerprint density at radius 2 is 0.966 bits per heavy atom. The zero-order chi connectivity index (χ0) is 44.6. The summed E-state index contributed by atoms with van der Waals surface area (Å²) in [7, 11) is 0. The minimum atomic E-state index is -0.189. The highest BCUT2D eigenvalue weighted by Gasteiger charge is 2.31. The molecule has 0 aliphatic heterocycles. The van der Waals surface area contributed by atoms with Gasteiger partial charge in [0.05, 0.1) is 11.0 Å². The molecule has 0 atom stereocenters. The van der Waals surface area contributed by atoms with Crippen LogP contribution in [0.5, 0.6) is 0 Å². The van der Waals surface area contributed by atoms with Gasteiger partial charge in [0.15, 0.2) is 0 Å². The molecular formula is C58H79N. The highest BCUT2D eigenvalue weighted by molar-refractivity contribution is 6.17. The van der Waals surface area contributed by atoms with E-state index in [0.29, 0.717) is 0 Å². The predicted octanol–water partition coefficient (Wildman–Crippen LogP) is 17.5. The molecule has 0 saturated heterocycles. The number of hydrogen-bond donors (Lipinski definition) is 0. The lowest BCUT2D eigenvalue weighted by Crippen LogP contribution is -2.18. The summed E-state index contributed by atoms with van der Waals surface area (Å²) in [5, 5.41) is 2.64. The number of aromatic nitrogens is 1. The fourth-order valence-corrected chi connectivity index (χ4v) is 8.36. The minimum absolute atomic E-state index is 0.00291. The van der Waals surface area contributed by atoms with Crippen LogP contribution in [0.3, 0.4) is 0 Å². The summed E-state index contributed by atoms with van der Waals surface area (Å²) in [5.74, 6) is 0. The van der Waals surface area contributed by atoms with Gasteiger partial charge in [0, 0.05) is 16.5 Å². The van der Waals surface area contributed by atoms with E-state index in [-0.39, 0.29) is 37.9 Å². The second-order valence-electron chi connectivity index (χ2n) is 24.8. The molecule has 59 heavy (non-hydrogen) atoms. The Bertz CT molecular complexity index is 2390. The largest absolute Gasteiger partial charge is 0.309 e. The van der Waals surface area contributed by atoms with Crippen LogP contribution in [0, 0.1) is 10.8 Å². The molecule has 0 unspecified atom stereocenters. The van der Waals surface area contributed by atoms with Gasteiger partial charge in [0.1, 0.15) is 0 Å². The van der Waals surface area contributed by atoms with E-state index < -0.39 is 0 Å². The van der Waals surface area contributed by atoms with Crippen LogP contribution in [0.25, 0.3) is 44.2 Å². The molecule has 1 heteroatoms. The first-order chi connectivity index (χ1) is 26.6. The first-order valence-corrected chi connectivity index (χ1v) is 22.1. The average molecular weight is 790 g/mol. The molecule has 1 aromatic heterocycles. The average Bonchev–Trinajstić information content (AvgIpc) is 3.40. The smallest absolute Gasteiger partial charge is 0.0547 e. The number of allylic oxidation sites excluding steroid dienone is 5. The molecule has 1 heterocycles. The van der Waals surface area contributed by atoms with Crippen LogP contribution in [0.1, 0.15) is 179 Å². The number of fused-ring (bicyclic) bond motifs is 3. The van der Waals surface area contributed by atoms with Crippen molar-refractivity contribution in [3.05, 3.63) is 130 Å². The number of benzene rings is 4. The second-order valence-corrected chi connectivity index (χ2v) is 24.8. The van der Waals surface area contributed by atoms with Crippen LogP contribution in [0.15, 0.2) is 97.1 Å². The SMILES string of the molecule is C=C/C(=C\C(=C/C(C)(C)C)c1cccc2c1c1c(C(C)(C)C)c(-c3cc(C(C)(C)C)cc(C(C)(C)C)c3)ccc1n2-c1cc(C(C)(C)C)cc(C(C)(C)C)c1)C(C)(C)C. The minimum Gasteiger partial charge on any atom is -0.309 e. The third-order valence-electron chi connectivity index (χ3n) is 11.9. The van der Waals surface area contributed by atoms with Crippen LogP contribution in [0.4, 0.5) is 0 Å². The Morgan fingerprint density at radius 3 is 1.37 bits per heavy atom. The Hall–Kier alpha value is -4.10. The van der Waals surface area contributed by atoms with Gasteiger partial charge in [-0.3, -0.25) is 0 Å². The zero-order valence-corrected chi connectivity index (χ0v) is 41.2. The molecule has 0 amide bonds. The zero-order valence-electron chi connectivity index (χ0n) is 41.2. The van der Waals surface area contributed by atoms with Crippen LogP contribution in [0.2, 0.25) is 0 Å². The summed E-state index contributed by atoms with van der Waals surface area (Å²) in [6, 6.07) is 26.6. The van der Waals surface area contributed by atoms with E-state index in [2.05, 4.69) is 242 Å². The van der Waals surface area contributed by atoms with Crippen molar-refractivity contribution in [2.45, 2.75) is 172 Å². The van der Waals surface area contributed by atoms with E-state index in [1.807, 2.05) is 0 Å². The fourth-order valence-electron chi connectivity index (χ4n) is 8.36. The molecule has 0 saturated carbocycles.